The number of aryl methyl sites for hydroxylation is 2. The van der Waals surface area contributed by atoms with Gasteiger partial charge in [0.15, 0.2) is 4.96 Å². The van der Waals surface area contributed by atoms with Crippen molar-refractivity contribution in [2.45, 2.75) is 26.8 Å². The number of fused-ring (bicyclic) bond motifs is 1. The number of halogens is 2. The Kier molecular flexibility index (Phi) is 4.85. The van der Waals surface area contributed by atoms with Crippen LogP contribution in [0.3, 0.4) is 0 Å². The molecule has 2 heterocycles. The Morgan fingerprint density at radius 3 is 2.79 bits per heavy atom. The fourth-order valence-electron chi connectivity index (χ4n) is 2.58. The molecule has 0 atom stereocenters. The molecule has 3 rings (SSSR count). The molecule has 0 fully saturated rings. The number of benzene rings is 1. The van der Waals surface area contributed by atoms with Crippen LogP contribution < -0.4 is 0 Å². The van der Waals surface area contributed by atoms with Crippen molar-refractivity contribution in [3.63, 3.8) is 0 Å². The van der Waals surface area contributed by atoms with Crippen molar-refractivity contribution in [3.05, 3.63) is 56.3 Å². The van der Waals surface area contributed by atoms with Gasteiger partial charge in [-0.15, -0.1) is 11.3 Å². The largest absolute Gasteiger partial charge is 0.340 e. The van der Waals surface area contributed by atoms with Gasteiger partial charge in [-0.2, -0.15) is 0 Å². The normalized spacial score (nSPS) is 11.2. The molecule has 24 heavy (non-hydrogen) atoms. The fraction of sp³-hybridized carbons (Fsp3) is 0.294. The number of carbonyl (C=O) groups excluding carboxylic acids is 1. The van der Waals surface area contributed by atoms with Crippen molar-refractivity contribution in [1.29, 1.82) is 0 Å². The van der Waals surface area contributed by atoms with Crippen molar-refractivity contribution in [2.75, 3.05) is 7.05 Å². The van der Waals surface area contributed by atoms with Gasteiger partial charge in [-0.05, 0) is 31.5 Å². The molecule has 0 aliphatic carbocycles. The predicted molar refractivity (Wildman–Crippen MR) is 99.2 cm³/mol. The van der Waals surface area contributed by atoms with E-state index in [4.69, 9.17) is 23.2 Å². The van der Waals surface area contributed by atoms with E-state index in [9.17, 15) is 4.79 Å². The zero-order valence-electron chi connectivity index (χ0n) is 13.6. The summed E-state index contributed by atoms with van der Waals surface area (Å²) in [5, 5.41) is 1.08. The van der Waals surface area contributed by atoms with Crippen LogP contribution in [0.2, 0.25) is 10.0 Å². The highest BCUT2D eigenvalue weighted by atomic mass is 35.5. The summed E-state index contributed by atoms with van der Waals surface area (Å²) in [6, 6.07) is 5.19. The first-order valence-electron chi connectivity index (χ1n) is 7.47. The molecule has 1 amide bonds. The van der Waals surface area contributed by atoms with Crippen LogP contribution in [0.4, 0.5) is 0 Å². The Morgan fingerprint density at radius 2 is 2.08 bits per heavy atom. The molecule has 2 aromatic heterocycles. The second kappa shape index (κ2) is 6.75. The van der Waals surface area contributed by atoms with Gasteiger partial charge in [0.2, 0.25) is 5.91 Å². The van der Waals surface area contributed by atoms with E-state index >= 15 is 0 Å². The molecule has 0 aliphatic rings. The van der Waals surface area contributed by atoms with Crippen LogP contribution in [0.5, 0.6) is 0 Å². The minimum atomic E-state index is 0.000485. The van der Waals surface area contributed by atoms with Gasteiger partial charge in [-0.1, -0.05) is 29.3 Å². The molecule has 0 N–H and O–H groups in total. The summed E-state index contributed by atoms with van der Waals surface area (Å²) in [4.78, 5) is 21.0. The molecule has 0 unspecified atom stereocenters. The number of hydrogen-bond donors (Lipinski definition) is 0. The molecule has 0 bridgehead atoms. The number of imidazole rings is 1. The van der Waals surface area contributed by atoms with Crippen LogP contribution in [0.15, 0.2) is 24.4 Å². The maximum atomic E-state index is 12.5. The summed E-state index contributed by atoms with van der Waals surface area (Å²) < 4.78 is 2.06. The van der Waals surface area contributed by atoms with E-state index in [1.807, 2.05) is 6.92 Å². The first-order chi connectivity index (χ1) is 11.3. The Morgan fingerprint density at radius 1 is 1.33 bits per heavy atom. The highest BCUT2D eigenvalue weighted by molar-refractivity contribution is 7.17. The van der Waals surface area contributed by atoms with Crippen molar-refractivity contribution >= 4 is 45.4 Å². The second-order valence-corrected chi connectivity index (χ2v) is 7.86. The number of nitrogens with zero attached hydrogens (tertiary/aromatic N) is 3. The van der Waals surface area contributed by atoms with Crippen molar-refractivity contribution in [1.82, 2.24) is 14.3 Å². The van der Waals surface area contributed by atoms with E-state index in [0.29, 0.717) is 16.6 Å². The van der Waals surface area contributed by atoms with Gasteiger partial charge in [-0.25, -0.2) is 4.98 Å². The summed E-state index contributed by atoms with van der Waals surface area (Å²) in [5.41, 5.74) is 2.76. The van der Waals surface area contributed by atoms with E-state index in [1.54, 1.807) is 41.5 Å². The SMILES string of the molecule is Cc1cn2c(CN(C)C(=O)Cc3ccc(Cl)cc3Cl)c(C)nc2s1. The number of rotatable bonds is 4. The lowest BCUT2D eigenvalue weighted by atomic mass is 10.1. The van der Waals surface area contributed by atoms with E-state index in [1.165, 1.54) is 4.88 Å². The minimum absolute atomic E-state index is 0.000485. The molecular weight excluding hydrogens is 365 g/mol. The van der Waals surface area contributed by atoms with Gasteiger partial charge in [0.05, 0.1) is 24.4 Å². The Balaban J connectivity index is 1.77. The number of thiazole rings is 1. The van der Waals surface area contributed by atoms with Crippen LogP contribution in [0.1, 0.15) is 21.8 Å². The number of aromatic nitrogens is 2. The maximum absolute atomic E-state index is 12.5. The Hall–Kier alpha value is -1.56. The van der Waals surface area contributed by atoms with Crippen LogP contribution in [-0.2, 0) is 17.8 Å². The number of carbonyl (C=O) groups is 1. The van der Waals surface area contributed by atoms with Gasteiger partial charge in [-0.3, -0.25) is 9.20 Å². The number of amides is 1. The van der Waals surface area contributed by atoms with Crippen LogP contribution in [0.25, 0.3) is 4.96 Å². The van der Waals surface area contributed by atoms with Gasteiger partial charge < -0.3 is 4.90 Å². The molecular formula is C17H17Cl2N3OS. The first kappa shape index (κ1) is 17.3. The van der Waals surface area contributed by atoms with E-state index in [2.05, 4.69) is 22.5 Å². The molecule has 4 nitrogen and oxygen atoms in total. The molecule has 0 saturated heterocycles. The van der Waals surface area contributed by atoms with Crippen molar-refractivity contribution < 1.29 is 4.79 Å². The second-order valence-electron chi connectivity index (χ2n) is 5.80. The van der Waals surface area contributed by atoms with Crippen LogP contribution >= 0.6 is 34.5 Å². The maximum Gasteiger partial charge on any atom is 0.227 e. The van der Waals surface area contributed by atoms with Gasteiger partial charge in [0.1, 0.15) is 0 Å². The third kappa shape index (κ3) is 3.43. The molecule has 0 spiro atoms. The van der Waals surface area contributed by atoms with E-state index in [-0.39, 0.29) is 12.3 Å². The molecule has 0 radical (unpaired) electrons. The summed E-state index contributed by atoms with van der Waals surface area (Å²) in [6.45, 7) is 4.53. The average molecular weight is 382 g/mol. The summed E-state index contributed by atoms with van der Waals surface area (Å²) in [7, 11) is 1.80. The lowest BCUT2D eigenvalue weighted by Crippen LogP contribution is -2.28. The van der Waals surface area contributed by atoms with Gasteiger partial charge in [0.25, 0.3) is 0 Å². The number of hydrogen-bond acceptors (Lipinski definition) is 3. The van der Waals surface area contributed by atoms with Crippen molar-refractivity contribution in [2.24, 2.45) is 0 Å². The topological polar surface area (TPSA) is 37.6 Å². The zero-order valence-corrected chi connectivity index (χ0v) is 16.0. The monoisotopic (exact) mass is 381 g/mol. The smallest absolute Gasteiger partial charge is 0.227 e. The van der Waals surface area contributed by atoms with Crippen molar-refractivity contribution in [3.8, 4) is 0 Å². The Bertz CT molecular complexity index is 916. The molecule has 0 aliphatic heterocycles. The average Bonchev–Trinajstić information content (AvgIpc) is 2.99. The Labute approximate surface area is 154 Å². The molecule has 126 valence electrons. The highest BCUT2D eigenvalue weighted by Gasteiger charge is 2.17. The first-order valence-corrected chi connectivity index (χ1v) is 9.04. The highest BCUT2D eigenvalue weighted by Crippen LogP contribution is 2.23. The van der Waals surface area contributed by atoms with Gasteiger partial charge >= 0.3 is 0 Å². The zero-order chi connectivity index (χ0) is 17.4. The third-order valence-electron chi connectivity index (χ3n) is 3.91. The quantitative estimate of drug-likeness (QED) is 0.665. The standard InChI is InChI=1S/C17H17Cl2N3OS/c1-10-8-22-15(11(2)20-17(22)24-10)9-21(3)16(23)6-12-4-5-13(18)7-14(12)19/h4-5,7-8H,6,9H2,1-3H3. The van der Waals surface area contributed by atoms with Crippen LogP contribution in [0, 0.1) is 13.8 Å². The van der Waals surface area contributed by atoms with E-state index in [0.717, 1.165) is 21.9 Å². The van der Waals surface area contributed by atoms with Gasteiger partial charge in [0, 0.05) is 28.2 Å². The molecule has 3 aromatic rings. The lowest BCUT2D eigenvalue weighted by molar-refractivity contribution is -0.129. The summed E-state index contributed by atoms with van der Waals surface area (Å²) in [5.74, 6) is 0.000485. The van der Waals surface area contributed by atoms with Crippen LogP contribution in [-0.4, -0.2) is 27.2 Å². The molecule has 0 saturated carbocycles. The predicted octanol–water partition coefficient (Wildman–Crippen LogP) is 4.52. The minimum Gasteiger partial charge on any atom is -0.340 e. The van der Waals surface area contributed by atoms with E-state index < -0.39 is 0 Å². The fourth-order valence-corrected chi connectivity index (χ4v) is 3.94. The number of likely N-dealkylation sites (N-methyl/N-ethyl adjacent to an activating group) is 1. The summed E-state index contributed by atoms with van der Waals surface area (Å²) >= 11 is 13.7. The molecule has 7 heteroatoms. The molecule has 1 aromatic carbocycles. The lowest BCUT2D eigenvalue weighted by Gasteiger charge is -2.18. The third-order valence-corrected chi connectivity index (χ3v) is 5.40. The summed E-state index contributed by atoms with van der Waals surface area (Å²) in [6.07, 6.45) is 2.31.